The molecule has 0 amide bonds. The normalized spacial score (nSPS) is 31.6. The van der Waals surface area contributed by atoms with Crippen LogP contribution in [0.25, 0.3) is 0 Å². The van der Waals surface area contributed by atoms with Gasteiger partial charge in [-0.2, -0.15) is 0 Å². The highest BCUT2D eigenvalue weighted by molar-refractivity contribution is 7.10. The van der Waals surface area contributed by atoms with Gasteiger partial charge in [0.15, 0.2) is 0 Å². The molecule has 16 heavy (non-hydrogen) atoms. The number of hydrogen-bond acceptors (Lipinski definition) is 2. The largest absolute Gasteiger partial charge is 0.320 e. The van der Waals surface area contributed by atoms with E-state index >= 15 is 0 Å². The van der Waals surface area contributed by atoms with Crippen molar-refractivity contribution in [3.8, 4) is 0 Å². The summed E-state index contributed by atoms with van der Waals surface area (Å²) in [6, 6.07) is 4.34. The summed E-state index contributed by atoms with van der Waals surface area (Å²) in [7, 11) is 0. The summed E-state index contributed by atoms with van der Waals surface area (Å²) < 4.78 is 0. The molecule has 2 heteroatoms. The van der Waals surface area contributed by atoms with Crippen LogP contribution < -0.4 is 5.73 Å². The molecule has 1 aliphatic rings. The van der Waals surface area contributed by atoms with Crippen LogP contribution >= 0.6 is 11.3 Å². The highest BCUT2D eigenvalue weighted by atomic mass is 32.1. The molecule has 1 aliphatic carbocycles. The predicted molar refractivity (Wildman–Crippen MR) is 71.6 cm³/mol. The minimum Gasteiger partial charge on any atom is -0.320 e. The third-order valence-electron chi connectivity index (χ3n) is 3.98. The van der Waals surface area contributed by atoms with Crippen LogP contribution in [0.15, 0.2) is 17.5 Å². The summed E-state index contributed by atoms with van der Waals surface area (Å²) in [5, 5.41) is 2.15. The lowest BCUT2D eigenvalue weighted by Crippen LogP contribution is -2.50. The summed E-state index contributed by atoms with van der Waals surface area (Å²) in [5.74, 6) is 0.604. The highest BCUT2D eigenvalue weighted by Gasteiger charge is 2.44. The zero-order chi connectivity index (χ0) is 11.8. The maximum atomic E-state index is 6.77. The van der Waals surface area contributed by atoms with Gasteiger partial charge in [-0.1, -0.05) is 39.7 Å². The van der Waals surface area contributed by atoms with Crippen LogP contribution in [-0.2, 0) is 5.54 Å². The van der Waals surface area contributed by atoms with Crippen LogP contribution in [0.2, 0.25) is 0 Å². The van der Waals surface area contributed by atoms with Gasteiger partial charge in [0.05, 0.1) is 5.54 Å². The zero-order valence-electron chi connectivity index (χ0n) is 10.6. The third kappa shape index (κ3) is 2.05. The molecule has 0 aromatic carbocycles. The number of rotatable bonds is 1. The quantitative estimate of drug-likeness (QED) is 0.780. The minimum atomic E-state index is -0.0787. The molecular formula is C14H23NS. The van der Waals surface area contributed by atoms with Gasteiger partial charge in [0, 0.05) is 4.88 Å². The first-order chi connectivity index (χ1) is 7.44. The standard InChI is InChI=1S/C14H23NS/c1-13(2,3)11-7-4-5-9-14(11,15)12-8-6-10-16-12/h6,8,10-11H,4-5,7,9,15H2,1-3H3. The van der Waals surface area contributed by atoms with E-state index in [2.05, 4.69) is 38.3 Å². The molecule has 1 heterocycles. The molecular weight excluding hydrogens is 214 g/mol. The lowest BCUT2D eigenvalue weighted by Gasteiger charge is -2.47. The average Bonchev–Trinajstić information content (AvgIpc) is 2.69. The smallest absolute Gasteiger partial charge is 0.0537 e. The van der Waals surface area contributed by atoms with Crippen LogP contribution in [0.5, 0.6) is 0 Å². The van der Waals surface area contributed by atoms with Crippen LogP contribution in [-0.4, -0.2) is 0 Å². The molecule has 1 aromatic heterocycles. The van der Waals surface area contributed by atoms with E-state index in [0.29, 0.717) is 11.3 Å². The Morgan fingerprint density at radius 2 is 2.12 bits per heavy atom. The molecule has 1 fully saturated rings. The Hall–Kier alpha value is -0.340. The molecule has 0 radical (unpaired) electrons. The van der Waals surface area contributed by atoms with Crippen molar-refractivity contribution in [1.29, 1.82) is 0 Å². The van der Waals surface area contributed by atoms with E-state index in [4.69, 9.17) is 5.73 Å². The summed E-state index contributed by atoms with van der Waals surface area (Å²) in [4.78, 5) is 1.38. The summed E-state index contributed by atoms with van der Waals surface area (Å²) in [6.45, 7) is 6.99. The molecule has 1 nitrogen and oxygen atoms in total. The Bertz CT molecular complexity index is 336. The van der Waals surface area contributed by atoms with Crippen molar-refractivity contribution in [3.63, 3.8) is 0 Å². The van der Waals surface area contributed by atoms with Crippen LogP contribution in [0, 0.1) is 11.3 Å². The van der Waals surface area contributed by atoms with E-state index in [0.717, 1.165) is 6.42 Å². The maximum Gasteiger partial charge on any atom is 0.0537 e. The molecule has 2 N–H and O–H groups in total. The van der Waals surface area contributed by atoms with Gasteiger partial charge in [-0.25, -0.2) is 0 Å². The average molecular weight is 237 g/mol. The Labute approximate surface area is 103 Å². The Kier molecular flexibility index (Phi) is 3.15. The number of nitrogens with two attached hydrogens (primary N) is 1. The molecule has 1 saturated carbocycles. The van der Waals surface area contributed by atoms with Crippen molar-refractivity contribution in [2.24, 2.45) is 17.1 Å². The van der Waals surface area contributed by atoms with Crippen molar-refractivity contribution in [3.05, 3.63) is 22.4 Å². The van der Waals surface area contributed by atoms with Gasteiger partial charge in [-0.15, -0.1) is 11.3 Å². The number of hydrogen-bond donors (Lipinski definition) is 1. The van der Waals surface area contributed by atoms with Crippen molar-refractivity contribution in [1.82, 2.24) is 0 Å². The lowest BCUT2D eigenvalue weighted by molar-refractivity contribution is 0.0802. The van der Waals surface area contributed by atoms with Crippen molar-refractivity contribution < 1.29 is 0 Å². The fourth-order valence-electron chi connectivity index (χ4n) is 3.24. The molecule has 2 unspecified atom stereocenters. The van der Waals surface area contributed by atoms with Crippen molar-refractivity contribution in [2.75, 3.05) is 0 Å². The molecule has 90 valence electrons. The molecule has 0 bridgehead atoms. The Morgan fingerprint density at radius 3 is 2.69 bits per heavy atom. The monoisotopic (exact) mass is 237 g/mol. The fourth-order valence-corrected chi connectivity index (χ4v) is 4.17. The van der Waals surface area contributed by atoms with Gasteiger partial charge in [0.25, 0.3) is 0 Å². The van der Waals surface area contributed by atoms with E-state index in [1.807, 2.05) is 11.3 Å². The summed E-state index contributed by atoms with van der Waals surface area (Å²) in [6.07, 6.45) is 5.04. The molecule has 0 spiro atoms. The lowest BCUT2D eigenvalue weighted by atomic mass is 9.62. The highest BCUT2D eigenvalue weighted by Crippen LogP contribution is 2.49. The molecule has 0 saturated heterocycles. The van der Waals surface area contributed by atoms with Crippen molar-refractivity contribution in [2.45, 2.75) is 52.0 Å². The van der Waals surface area contributed by atoms with E-state index in [1.165, 1.54) is 24.1 Å². The van der Waals surface area contributed by atoms with Gasteiger partial charge in [0.2, 0.25) is 0 Å². The Balaban J connectivity index is 2.35. The first-order valence-corrected chi connectivity index (χ1v) is 7.15. The molecule has 0 aliphatic heterocycles. The fraction of sp³-hybridized carbons (Fsp3) is 0.714. The summed E-state index contributed by atoms with van der Waals surface area (Å²) in [5.41, 5.74) is 6.99. The summed E-state index contributed by atoms with van der Waals surface area (Å²) >= 11 is 1.82. The molecule has 1 aromatic rings. The second kappa shape index (κ2) is 4.15. The molecule has 2 atom stereocenters. The van der Waals surface area contributed by atoms with E-state index in [-0.39, 0.29) is 5.54 Å². The van der Waals surface area contributed by atoms with Gasteiger partial charge in [-0.05, 0) is 35.6 Å². The second-order valence-electron chi connectivity index (χ2n) is 6.18. The minimum absolute atomic E-state index is 0.0787. The van der Waals surface area contributed by atoms with Gasteiger partial charge >= 0.3 is 0 Å². The number of thiophene rings is 1. The molecule has 2 rings (SSSR count). The van der Waals surface area contributed by atoms with Gasteiger partial charge in [0.1, 0.15) is 0 Å². The first-order valence-electron chi connectivity index (χ1n) is 6.27. The van der Waals surface area contributed by atoms with Crippen LogP contribution in [0.4, 0.5) is 0 Å². The van der Waals surface area contributed by atoms with E-state index in [1.54, 1.807) is 0 Å². The van der Waals surface area contributed by atoms with Crippen molar-refractivity contribution >= 4 is 11.3 Å². The zero-order valence-corrected chi connectivity index (χ0v) is 11.4. The predicted octanol–water partition coefficient (Wildman–Crippen LogP) is 4.14. The van der Waals surface area contributed by atoms with Crippen LogP contribution in [0.3, 0.4) is 0 Å². The SMILES string of the molecule is CC(C)(C)C1CCCCC1(N)c1cccs1. The Morgan fingerprint density at radius 1 is 1.38 bits per heavy atom. The maximum absolute atomic E-state index is 6.77. The third-order valence-corrected chi connectivity index (χ3v) is 5.04. The topological polar surface area (TPSA) is 26.0 Å². The van der Waals surface area contributed by atoms with E-state index in [9.17, 15) is 0 Å². The van der Waals surface area contributed by atoms with E-state index < -0.39 is 0 Å². The second-order valence-corrected chi connectivity index (χ2v) is 7.13. The van der Waals surface area contributed by atoms with Crippen LogP contribution in [0.1, 0.15) is 51.3 Å². The first kappa shape index (κ1) is 12.1. The van der Waals surface area contributed by atoms with Gasteiger partial charge < -0.3 is 5.73 Å². The van der Waals surface area contributed by atoms with Gasteiger partial charge in [-0.3, -0.25) is 0 Å².